The molecule has 0 bridgehead atoms. The van der Waals surface area contributed by atoms with E-state index < -0.39 is 8.32 Å². The highest BCUT2D eigenvalue weighted by atomic mass is 28.4. The first-order valence-corrected chi connectivity index (χ1v) is 15.4. The van der Waals surface area contributed by atoms with Crippen LogP contribution in [0.15, 0.2) is 30.3 Å². The standard InChI is InChI=1S/C29H40O6Si/c1-10-34-26-17-23-21(27(32-6)28(26)33-7)13-11-19(18-30)15-22(23)20-12-14-24(31-5)25(16-20)35-36(8,9)29(2,3)4/h12,14-19H,10-11,13H2,1-9H3. The molecule has 0 saturated heterocycles. The maximum Gasteiger partial charge on any atom is 0.250 e. The Morgan fingerprint density at radius 3 is 2.22 bits per heavy atom. The Balaban J connectivity index is 2.26. The molecule has 6 nitrogen and oxygen atoms in total. The number of rotatable bonds is 9. The van der Waals surface area contributed by atoms with Gasteiger partial charge < -0.3 is 28.2 Å². The topological polar surface area (TPSA) is 63.2 Å². The maximum absolute atomic E-state index is 12.0. The van der Waals surface area contributed by atoms with Gasteiger partial charge in [-0.05, 0) is 72.8 Å². The van der Waals surface area contributed by atoms with Gasteiger partial charge >= 0.3 is 0 Å². The highest BCUT2D eigenvalue weighted by Crippen LogP contribution is 2.48. The lowest BCUT2D eigenvalue weighted by Crippen LogP contribution is -2.43. The minimum atomic E-state index is -2.13. The van der Waals surface area contributed by atoms with Crippen molar-refractivity contribution in [3.8, 4) is 28.7 Å². The molecule has 0 aromatic heterocycles. The monoisotopic (exact) mass is 512 g/mol. The molecule has 0 N–H and O–H groups in total. The molecule has 1 aliphatic rings. The third-order valence-corrected chi connectivity index (χ3v) is 11.6. The molecule has 0 spiro atoms. The fraction of sp³-hybridized carbons (Fsp3) is 0.483. The number of hydrogen-bond donors (Lipinski definition) is 0. The van der Waals surface area contributed by atoms with Gasteiger partial charge in [0.05, 0.1) is 27.9 Å². The van der Waals surface area contributed by atoms with E-state index in [4.69, 9.17) is 23.4 Å². The van der Waals surface area contributed by atoms with E-state index >= 15 is 0 Å². The minimum Gasteiger partial charge on any atom is -0.541 e. The van der Waals surface area contributed by atoms with E-state index in [0.29, 0.717) is 48.2 Å². The van der Waals surface area contributed by atoms with Crippen molar-refractivity contribution in [1.29, 1.82) is 0 Å². The summed E-state index contributed by atoms with van der Waals surface area (Å²) in [5, 5.41) is 0.0289. The molecule has 2 aromatic rings. The predicted molar refractivity (Wildman–Crippen MR) is 146 cm³/mol. The molecule has 1 atom stereocenters. The first kappa shape index (κ1) is 27.7. The lowest BCUT2D eigenvalue weighted by atomic mass is 9.92. The molecule has 3 rings (SSSR count). The second-order valence-electron chi connectivity index (χ2n) is 10.5. The zero-order valence-electron chi connectivity index (χ0n) is 23.1. The summed E-state index contributed by atoms with van der Waals surface area (Å²) in [5.41, 5.74) is 3.83. The lowest BCUT2D eigenvalue weighted by Gasteiger charge is -2.37. The summed E-state index contributed by atoms with van der Waals surface area (Å²) in [7, 11) is 2.78. The van der Waals surface area contributed by atoms with Crippen molar-refractivity contribution < 1.29 is 28.2 Å². The number of aldehydes is 1. The molecular formula is C29H40O6Si. The van der Waals surface area contributed by atoms with Crippen LogP contribution < -0.4 is 23.4 Å². The van der Waals surface area contributed by atoms with E-state index in [9.17, 15) is 4.79 Å². The van der Waals surface area contributed by atoms with Crippen molar-refractivity contribution in [3.05, 3.63) is 47.0 Å². The van der Waals surface area contributed by atoms with E-state index in [0.717, 1.165) is 28.5 Å². The average Bonchev–Trinajstić information content (AvgIpc) is 3.01. The summed E-state index contributed by atoms with van der Waals surface area (Å²) in [6, 6.07) is 7.97. The quantitative estimate of drug-likeness (QED) is 0.276. The number of ether oxygens (including phenoxy) is 4. The Morgan fingerprint density at radius 2 is 1.67 bits per heavy atom. The highest BCUT2D eigenvalue weighted by Gasteiger charge is 2.39. The summed E-state index contributed by atoms with van der Waals surface area (Å²) < 4.78 is 29.8. The molecule has 196 valence electrons. The van der Waals surface area contributed by atoms with E-state index in [2.05, 4.69) is 33.9 Å². The number of allylic oxidation sites excluding steroid dienone is 1. The Kier molecular flexibility index (Phi) is 8.44. The third kappa shape index (κ3) is 5.41. The maximum atomic E-state index is 12.0. The molecule has 0 aliphatic heterocycles. The largest absolute Gasteiger partial charge is 0.541 e. The molecule has 2 aromatic carbocycles. The first-order valence-electron chi connectivity index (χ1n) is 12.5. The normalized spacial score (nSPS) is 15.8. The molecule has 0 amide bonds. The number of hydrogen-bond acceptors (Lipinski definition) is 6. The van der Waals surface area contributed by atoms with Crippen LogP contribution in [0.3, 0.4) is 0 Å². The molecule has 7 heteroatoms. The van der Waals surface area contributed by atoms with E-state index in [-0.39, 0.29) is 11.0 Å². The summed E-state index contributed by atoms with van der Waals surface area (Å²) in [6.45, 7) is 13.5. The third-order valence-electron chi connectivity index (χ3n) is 7.23. The van der Waals surface area contributed by atoms with Gasteiger partial charge in [0.15, 0.2) is 17.2 Å². The Bertz CT molecular complexity index is 1130. The van der Waals surface area contributed by atoms with Crippen molar-refractivity contribution in [2.45, 2.75) is 58.7 Å². The Hall–Kier alpha value is -2.93. The first-order chi connectivity index (χ1) is 17.0. The second-order valence-corrected chi connectivity index (χ2v) is 15.3. The van der Waals surface area contributed by atoms with Crippen LogP contribution >= 0.6 is 0 Å². The van der Waals surface area contributed by atoms with Crippen LogP contribution in [-0.4, -0.2) is 42.5 Å². The Labute approximate surface area is 216 Å². The predicted octanol–water partition coefficient (Wildman–Crippen LogP) is 6.69. The van der Waals surface area contributed by atoms with E-state index in [1.807, 2.05) is 37.3 Å². The van der Waals surface area contributed by atoms with Crippen molar-refractivity contribution >= 4 is 20.2 Å². The van der Waals surface area contributed by atoms with Crippen molar-refractivity contribution in [1.82, 2.24) is 0 Å². The molecule has 0 heterocycles. The van der Waals surface area contributed by atoms with Crippen molar-refractivity contribution in [3.63, 3.8) is 0 Å². The molecule has 0 radical (unpaired) electrons. The van der Waals surface area contributed by atoms with Gasteiger partial charge in [-0.15, -0.1) is 0 Å². The number of fused-ring (bicyclic) bond motifs is 1. The van der Waals surface area contributed by atoms with Gasteiger partial charge in [-0.3, -0.25) is 0 Å². The van der Waals surface area contributed by atoms with Crippen LogP contribution in [-0.2, 0) is 11.2 Å². The van der Waals surface area contributed by atoms with Crippen LogP contribution in [0.2, 0.25) is 18.1 Å². The van der Waals surface area contributed by atoms with E-state index in [1.54, 1.807) is 21.3 Å². The minimum absolute atomic E-state index is 0.0289. The van der Waals surface area contributed by atoms with Gasteiger partial charge in [-0.25, -0.2) is 0 Å². The number of carbonyl (C=O) groups excluding carboxylic acids is 1. The zero-order valence-corrected chi connectivity index (χ0v) is 24.1. The fourth-order valence-electron chi connectivity index (χ4n) is 4.22. The van der Waals surface area contributed by atoms with Crippen LogP contribution in [0.5, 0.6) is 28.7 Å². The van der Waals surface area contributed by atoms with Gasteiger partial charge in [-0.2, -0.15) is 0 Å². The molecule has 1 unspecified atom stereocenters. The summed E-state index contributed by atoms with van der Waals surface area (Å²) >= 11 is 0. The fourth-order valence-corrected chi connectivity index (χ4v) is 5.24. The van der Waals surface area contributed by atoms with Crippen LogP contribution in [0.25, 0.3) is 5.57 Å². The van der Waals surface area contributed by atoms with Gasteiger partial charge in [0.25, 0.3) is 8.32 Å². The van der Waals surface area contributed by atoms with Gasteiger partial charge in [0.1, 0.15) is 12.0 Å². The SMILES string of the molecule is CCOc1cc2c(c(OC)c1OC)CCC(C=O)C=C2c1ccc(OC)c(O[Si](C)(C)C(C)(C)C)c1. The van der Waals surface area contributed by atoms with Crippen LogP contribution in [0.4, 0.5) is 0 Å². The van der Waals surface area contributed by atoms with Gasteiger partial charge in [0.2, 0.25) is 5.75 Å². The van der Waals surface area contributed by atoms with Crippen molar-refractivity contribution in [2.24, 2.45) is 5.92 Å². The van der Waals surface area contributed by atoms with E-state index in [1.165, 1.54) is 0 Å². The summed E-state index contributed by atoms with van der Waals surface area (Å²) in [4.78, 5) is 12.0. The zero-order chi connectivity index (χ0) is 26.7. The van der Waals surface area contributed by atoms with Gasteiger partial charge in [0, 0.05) is 11.5 Å². The van der Waals surface area contributed by atoms with Crippen molar-refractivity contribution in [2.75, 3.05) is 27.9 Å². The highest BCUT2D eigenvalue weighted by molar-refractivity contribution is 6.74. The summed E-state index contributed by atoms with van der Waals surface area (Å²) in [5.74, 6) is 2.98. The smallest absolute Gasteiger partial charge is 0.250 e. The number of methoxy groups -OCH3 is 3. The van der Waals surface area contributed by atoms with Gasteiger partial charge in [-0.1, -0.05) is 32.9 Å². The summed E-state index contributed by atoms with van der Waals surface area (Å²) in [6.07, 6.45) is 4.40. The molecular weight excluding hydrogens is 472 g/mol. The Morgan fingerprint density at radius 1 is 0.972 bits per heavy atom. The molecule has 36 heavy (non-hydrogen) atoms. The molecule has 0 fully saturated rings. The van der Waals surface area contributed by atoms with Crippen LogP contribution in [0.1, 0.15) is 50.8 Å². The number of benzene rings is 2. The lowest BCUT2D eigenvalue weighted by molar-refractivity contribution is -0.110. The molecule has 0 saturated carbocycles. The second kappa shape index (κ2) is 11.0. The average molecular weight is 513 g/mol. The van der Waals surface area contributed by atoms with Crippen LogP contribution in [0, 0.1) is 5.92 Å². The number of carbonyl (C=O) groups is 1. The molecule has 1 aliphatic carbocycles.